The highest BCUT2D eigenvalue weighted by molar-refractivity contribution is 6.09. The lowest BCUT2D eigenvalue weighted by molar-refractivity contribution is 0.00592. The lowest BCUT2D eigenvalue weighted by Gasteiger charge is -2.29. The second-order valence-corrected chi connectivity index (χ2v) is 6.36. The average molecular weight is 328 g/mol. The minimum Gasteiger partial charge on any atom is -0.388 e. The smallest absolute Gasteiger partial charge is 0.251 e. The Balaban J connectivity index is 2.00. The Kier molecular flexibility index (Phi) is 5.57. The third-order valence-corrected chi connectivity index (χ3v) is 4.55. The van der Waals surface area contributed by atoms with Gasteiger partial charge in [0.05, 0.1) is 5.60 Å². The molecule has 128 valence electrons. The van der Waals surface area contributed by atoms with Gasteiger partial charge in [-0.15, -0.1) is 0 Å². The molecule has 5 nitrogen and oxygen atoms in total. The molecule has 24 heavy (non-hydrogen) atoms. The summed E-state index contributed by atoms with van der Waals surface area (Å²) < 4.78 is 0. The zero-order chi connectivity index (χ0) is 17.7. The maximum absolute atomic E-state index is 12.2. The maximum Gasteiger partial charge on any atom is 0.251 e. The van der Waals surface area contributed by atoms with Gasteiger partial charge in [0.25, 0.3) is 5.91 Å². The van der Waals surface area contributed by atoms with Crippen LogP contribution in [-0.2, 0) is 0 Å². The van der Waals surface area contributed by atoms with Crippen molar-refractivity contribution in [1.82, 2.24) is 10.3 Å². The Bertz CT molecular complexity index is 688. The number of aromatic amines is 1. The Hall–Kier alpha value is -2.40. The second-order valence-electron chi connectivity index (χ2n) is 6.36. The number of rotatable bonds is 7. The van der Waals surface area contributed by atoms with Gasteiger partial charge in [-0.25, -0.2) is 0 Å². The summed E-state index contributed by atoms with van der Waals surface area (Å²) in [6.45, 7) is 5.86. The number of hydrogen-bond acceptors (Lipinski definition) is 3. The van der Waals surface area contributed by atoms with E-state index in [1.165, 1.54) is 0 Å². The minimum atomic E-state index is -0.950. The molecule has 1 heterocycles. The predicted molar refractivity (Wildman–Crippen MR) is 93.1 cm³/mol. The molecular formula is C19H24N2O3. The van der Waals surface area contributed by atoms with Gasteiger partial charge >= 0.3 is 0 Å². The van der Waals surface area contributed by atoms with Gasteiger partial charge in [-0.3, -0.25) is 9.59 Å². The zero-order valence-electron chi connectivity index (χ0n) is 14.3. The van der Waals surface area contributed by atoms with Crippen LogP contribution in [0, 0.1) is 5.92 Å². The first-order valence-corrected chi connectivity index (χ1v) is 8.13. The van der Waals surface area contributed by atoms with E-state index in [9.17, 15) is 14.7 Å². The fourth-order valence-electron chi connectivity index (χ4n) is 2.38. The van der Waals surface area contributed by atoms with E-state index >= 15 is 0 Å². The number of ketones is 1. The van der Waals surface area contributed by atoms with Crippen LogP contribution in [0.1, 0.15) is 53.5 Å². The van der Waals surface area contributed by atoms with Crippen molar-refractivity contribution in [3.63, 3.8) is 0 Å². The Morgan fingerprint density at radius 3 is 2.33 bits per heavy atom. The lowest BCUT2D eigenvalue weighted by atomic mass is 9.88. The van der Waals surface area contributed by atoms with Crippen molar-refractivity contribution in [2.45, 2.75) is 32.8 Å². The number of benzene rings is 1. The molecule has 1 aromatic heterocycles. The van der Waals surface area contributed by atoms with Crippen LogP contribution in [0.25, 0.3) is 0 Å². The summed E-state index contributed by atoms with van der Waals surface area (Å²) in [7, 11) is 0. The minimum absolute atomic E-state index is 0.0825. The Morgan fingerprint density at radius 2 is 1.79 bits per heavy atom. The van der Waals surface area contributed by atoms with Crippen molar-refractivity contribution in [2.75, 3.05) is 6.54 Å². The molecule has 0 aliphatic rings. The number of H-pyrrole nitrogens is 1. The maximum atomic E-state index is 12.2. The van der Waals surface area contributed by atoms with Crippen LogP contribution in [0.5, 0.6) is 0 Å². The van der Waals surface area contributed by atoms with Gasteiger partial charge in [-0.1, -0.05) is 32.4 Å². The normalized spacial score (nSPS) is 14.7. The number of aliphatic hydroxyl groups is 1. The first kappa shape index (κ1) is 17.9. The quantitative estimate of drug-likeness (QED) is 0.684. The fourth-order valence-corrected chi connectivity index (χ4v) is 2.38. The number of carbonyl (C=O) groups excluding carboxylic acids is 2. The molecule has 2 aromatic rings. The molecule has 0 spiro atoms. The molecule has 0 bridgehead atoms. The van der Waals surface area contributed by atoms with Gasteiger partial charge in [-0.2, -0.15) is 0 Å². The van der Waals surface area contributed by atoms with Gasteiger partial charge in [0.15, 0.2) is 5.78 Å². The van der Waals surface area contributed by atoms with Crippen LogP contribution in [0.15, 0.2) is 42.7 Å². The first-order valence-electron chi connectivity index (χ1n) is 8.13. The Labute approximate surface area is 142 Å². The average Bonchev–Trinajstić information content (AvgIpc) is 3.13. The summed E-state index contributed by atoms with van der Waals surface area (Å²) >= 11 is 0. The third kappa shape index (κ3) is 4.11. The van der Waals surface area contributed by atoms with Gasteiger partial charge in [0, 0.05) is 35.6 Å². The number of hydrogen-bond donors (Lipinski definition) is 3. The van der Waals surface area contributed by atoms with E-state index in [1.807, 2.05) is 13.8 Å². The van der Waals surface area contributed by atoms with E-state index in [0.717, 1.165) is 6.42 Å². The molecule has 1 aromatic carbocycles. The van der Waals surface area contributed by atoms with E-state index in [2.05, 4.69) is 10.3 Å². The third-order valence-electron chi connectivity index (χ3n) is 4.55. The molecule has 0 saturated carbocycles. The molecule has 3 N–H and O–H groups in total. The number of amides is 1. The number of nitrogens with one attached hydrogen (secondary N) is 2. The molecule has 2 unspecified atom stereocenters. The summed E-state index contributed by atoms with van der Waals surface area (Å²) in [4.78, 5) is 27.2. The number of carbonyl (C=O) groups is 2. The molecule has 1 amide bonds. The van der Waals surface area contributed by atoms with E-state index < -0.39 is 5.60 Å². The van der Waals surface area contributed by atoms with Gasteiger partial charge in [-0.05, 0) is 31.0 Å². The topological polar surface area (TPSA) is 82.2 Å². The van der Waals surface area contributed by atoms with Crippen molar-refractivity contribution < 1.29 is 14.7 Å². The van der Waals surface area contributed by atoms with Crippen molar-refractivity contribution in [1.29, 1.82) is 0 Å². The van der Waals surface area contributed by atoms with Crippen molar-refractivity contribution in [2.24, 2.45) is 5.92 Å². The molecule has 0 aliphatic heterocycles. The summed E-state index contributed by atoms with van der Waals surface area (Å²) in [5.41, 5.74) is 0.615. The molecular weight excluding hydrogens is 304 g/mol. The lowest BCUT2D eigenvalue weighted by Crippen LogP contribution is -2.45. The van der Waals surface area contributed by atoms with E-state index in [1.54, 1.807) is 49.6 Å². The summed E-state index contributed by atoms with van der Waals surface area (Å²) in [5, 5.41) is 13.1. The molecule has 2 rings (SSSR count). The van der Waals surface area contributed by atoms with Gasteiger partial charge in [0.2, 0.25) is 0 Å². The van der Waals surface area contributed by atoms with Crippen LogP contribution in [0.4, 0.5) is 0 Å². The summed E-state index contributed by atoms with van der Waals surface area (Å²) in [6, 6.07) is 8.22. The molecule has 0 saturated heterocycles. The van der Waals surface area contributed by atoms with Crippen molar-refractivity contribution in [3.05, 3.63) is 59.4 Å². The van der Waals surface area contributed by atoms with Crippen LogP contribution >= 0.6 is 0 Å². The van der Waals surface area contributed by atoms with Crippen LogP contribution in [-0.4, -0.2) is 33.9 Å². The monoisotopic (exact) mass is 328 g/mol. The van der Waals surface area contributed by atoms with Crippen LogP contribution < -0.4 is 5.32 Å². The Morgan fingerprint density at radius 1 is 1.17 bits per heavy atom. The molecule has 0 radical (unpaired) electrons. The predicted octanol–water partition coefficient (Wildman–Crippen LogP) is 2.77. The summed E-state index contributed by atoms with van der Waals surface area (Å²) in [5.74, 6) is -0.277. The zero-order valence-corrected chi connectivity index (χ0v) is 14.3. The molecule has 5 heteroatoms. The second kappa shape index (κ2) is 7.45. The van der Waals surface area contributed by atoms with Crippen molar-refractivity contribution >= 4 is 11.7 Å². The number of aromatic nitrogens is 1. The van der Waals surface area contributed by atoms with Gasteiger partial charge in [0.1, 0.15) is 0 Å². The molecule has 0 fully saturated rings. The van der Waals surface area contributed by atoms with Crippen molar-refractivity contribution in [3.8, 4) is 0 Å². The highest BCUT2D eigenvalue weighted by Crippen LogP contribution is 2.19. The highest BCUT2D eigenvalue weighted by atomic mass is 16.3. The first-order chi connectivity index (χ1) is 11.3. The fraction of sp³-hybridized carbons (Fsp3) is 0.368. The standard InChI is InChI=1S/C19H24N2O3/c1-4-13(2)19(3,24)12-21-18(23)15-7-5-14(6-8-15)17(22)16-9-10-20-11-16/h5-11,13,20,24H,4,12H2,1-3H3,(H,21,23). The van der Waals surface area contributed by atoms with Gasteiger partial charge < -0.3 is 15.4 Å². The van der Waals surface area contributed by atoms with Crippen LogP contribution in [0.2, 0.25) is 0 Å². The van der Waals surface area contributed by atoms with E-state index in [-0.39, 0.29) is 24.2 Å². The molecule has 0 aliphatic carbocycles. The van der Waals surface area contributed by atoms with Crippen LogP contribution in [0.3, 0.4) is 0 Å². The van der Waals surface area contributed by atoms with E-state index in [4.69, 9.17) is 0 Å². The SMILES string of the molecule is CCC(C)C(C)(O)CNC(=O)c1ccc(C(=O)c2cc[nH]c2)cc1. The largest absolute Gasteiger partial charge is 0.388 e. The van der Waals surface area contributed by atoms with E-state index in [0.29, 0.717) is 16.7 Å². The highest BCUT2D eigenvalue weighted by Gasteiger charge is 2.27. The summed E-state index contributed by atoms with van der Waals surface area (Å²) in [6.07, 6.45) is 4.16. The molecule has 2 atom stereocenters.